The number of methoxy groups -OCH3 is 1. The smallest absolute Gasteiger partial charge is 0.227 e. The first kappa shape index (κ1) is 22.5. The Labute approximate surface area is 194 Å². The zero-order valence-electron chi connectivity index (χ0n) is 19.0. The number of amides is 2. The van der Waals surface area contributed by atoms with Crippen LogP contribution in [0.3, 0.4) is 0 Å². The lowest BCUT2D eigenvalue weighted by Crippen LogP contribution is -2.48. The van der Waals surface area contributed by atoms with Crippen LogP contribution < -0.4 is 15.0 Å². The number of piperidine rings is 1. The van der Waals surface area contributed by atoms with Gasteiger partial charge in [0.1, 0.15) is 5.75 Å². The van der Waals surface area contributed by atoms with Crippen molar-refractivity contribution >= 4 is 17.5 Å². The molecule has 2 amide bonds. The van der Waals surface area contributed by atoms with Crippen molar-refractivity contribution in [2.45, 2.75) is 32.2 Å². The molecule has 0 saturated carbocycles. The predicted molar refractivity (Wildman–Crippen MR) is 128 cm³/mol. The minimum atomic E-state index is -0.458. The number of anilines is 1. The van der Waals surface area contributed by atoms with E-state index in [-0.39, 0.29) is 11.8 Å². The topological polar surface area (TPSA) is 71.5 Å². The Bertz CT molecular complexity index is 1100. The molecule has 1 fully saturated rings. The first-order chi connectivity index (χ1) is 16.1. The van der Waals surface area contributed by atoms with Crippen molar-refractivity contribution in [3.05, 3.63) is 89.7 Å². The molecule has 2 heterocycles. The van der Waals surface area contributed by atoms with Gasteiger partial charge in [-0.3, -0.25) is 14.6 Å². The Balaban J connectivity index is 1.64. The molecule has 3 aromatic rings. The Hall–Kier alpha value is -3.67. The van der Waals surface area contributed by atoms with Gasteiger partial charge in [0.05, 0.1) is 19.1 Å². The summed E-state index contributed by atoms with van der Waals surface area (Å²) in [6.07, 6.45) is 3.21. The van der Waals surface area contributed by atoms with Crippen molar-refractivity contribution in [1.29, 1.82) is 0 Å². The molecular weight excluding hydrogens is 414 g/mol. The van der Waals surface area contributed by atoms with Gasteiger partial charge in [0, 0.05) is 42.5 Å². The number of aromatic nitrogens is 1. The van der Waals surface area contributed by atoms with Crippen LogP contribution in [-0.4, -0.2) is 30.5 Å². The maximum Gasteiger partial charge on any atom is 0.227 e. The highest BCUT2D eigenvalue weighted by Crippen LogP contribution is 2.43. The summed E-state index contributed by atoms with van der Waals surface area (Å²) in [7, 11) is 1.61. The highest BCUT2D eigenvalue weighted by Gasteiger charge is 2.42. The Morgan fingerprint density at radius 1 is 1.09 bits per heavy atom. The monoisotopic (exact) mass is 443 g/mol. The number of para-hydroxylation sites is 1. The fourth-order valence-electron chi connectivity index (χ4n) is 4.43. The summed E-state index contributed by atoms with van der Waals surface area (Å²) in [5.74, 6) is 0.211. The van der Waals surface area contributed by atoms with E-state index in [0.29, 0.717) is 31.6 Å². The first-order valence-electron chi connectivity index (χ1n) is 11.3. The molecule has 0 radical (unpaired) electrons. The Morgan fingerprint density at radius 2 is 1.85 bits per heavy atom. The summed E-state index contributed by atoms with van der Waals surface area (Å²) < 4.78 is 5.63. The number of aryl methyl sites for hydroxylation is 1. The van der Waals surface area contributed by atoms with Crippen LogP contribution in [0, 0.1) is 12.8 Å². The molecule has 1 saturated heterocycles. The van der Waals surface area contributed by atoms with Gasteiger partial charge in [-0.2, -0.15) is 0 Å². The maximum absolute atomic E-state index is 13.4. The summed E-state index contributed by atoms with van der Waals surface area (Å²) in [5, 5.41) is 3.08. The van der Waals surface area contributed by atoms with Crippen LogP contribution in [-0.2, 0) is 16.0 Å². The number of pyridine rings is 1. The highest BCUT2D eigenvalue weighted by atomic mass is 16.5. The number of nitrogens with zero attached hydrogens (tertiary/aromatic N) is 2. The standard InChI is InChI=1S/C27H29N3O3/c1-19-10-12-21(13-11-19)30-25(31)15-14-23(26(30)22-8-3-4-9-24(22)33-2)27(32)29-18-16-20-7-5-6-17-28-20/h3-13,17,23,26H,14-16,18H2,1-2H3,(H,29,32)/t23-,26-/m0/s1. The molecule has 6 nitrogen and oxygen atoms in total. The van der Waals surface area contributed by atoms with E-state index in [1.807, 2.05) is 73.7 Å². The molecular formula is C27H29N3O3. The maximum atomic E-state index is 13.4. The summed E-state index contributed by atoms with van der Waals surface area (Å²) in [6.45, 7) is 2.50. The van der Waals surface area contributed by atoms with Crippen molar-refractivity contribution in [3.63, 3.8) is 0 Å². The molecule has 0 aliphatic carbocycles. The van der Waals surface area contributed by atoms with Crippen LogP contribution in [0.25, 0.3) is 0 Å². The fraction of sp³-hybridized carbons (Fsp3) is 0.296. The van der Waals surface area contributed by atoms with E-state index in [1.54, 1.807) is 18.2 Å². The third-order valence-corrected chi connectivity index (χ3v) is 6.11. The van der Waals surface area contributed by atoms with E-state index in [4.69, 9.17) is 4.74 Å². The molecule has 4 rings (SSSR count). The molecule has 1 aromatic heterocycles. The van der Waals surface area contributed by atoms with Crippen molar-refractivity contribution in [2.24, 2.45) is 5.92 Å². The van der Waals surface area contributed by atoms with Crippen LogP contribution in [0.4, 0.5) is 5.69 Å². The molecule has 2 aromatic carbocycles. The number of carbonyl (C=O) groups is 2. The second-order valence-corrected chi connectivity index (χ2v) is 8.29. The first-order valence-corrected chi connectivity index (χ1v) is 11.3. The molecule has 170 valence electrons. The largest absolute Gasteiger partial charge is 0.496 e. The van der Waals surface area contributed by atoms with Crippen molar-refractivity contribution in [3.8, 4) is 5.75 Å². The van der Waals surface area contributed by atoms with Crippen LogP contribution in [0.2, 0.25) is 0 Å². The van der Waals surface area contributed by atoms with Crippen LogP contribution in [0.1, 0.15) is 35.7 Å². The van der Waals surface area contributed by atoms with Gasteiger partial charge in [-0.25, -0.2) is 0 Å². The zero-order chi connectivity index (χ0) is 23.2. The number of benzene rings is 2. The van der Waals surface area contributed by atoms with Crippen LogP contribution in [0.5, 0.6) is 5.75 Å². The lowest BCUT2D eigenvalue weighted by Gasteiger charge is -2.41. The molecule has 1 N–H and O–H groups in total. The highest BCUT2D eigenvalue weighted by molar-refractivity contribution is 5.97. The number of nitrogens with one attached hydrogen (secondary N) is 1. The Kier molecular flexibility index (Phi) is 7.03. The number of carbonyl (C=O) groups excluding carboxylic acids is 2. The summed E-state index contributed by atoms with van der Waals surface area (Å²) in [6, 6.07) is 20.8. The number of hydrogen-bond donors (Lipinski definition) is 1. The number of hydrogen-bond acceptors (Lipinski definition) is 4. The molecule has 0 spiro atoms. The van der Waals surface area contributed by atoms with E-state index in [1.165, 1.54) is 0 Å². The van der Waals surface area contributed by atoms with Gasteiger partial charge < -0.3 is 15.0 Å². The molecule has 0 bridgehead atoms. The lowest BCUT2D eigenvalue weighted by atomic mass is 9.82. The fourth-order valence-corrected chi connectivity index (χ4v) is 4.43. The normalized spacial score (nSPS) is 18.1. The van der Waals surface area contributed by atoms with Crippen molar-refractivity contribution in [1.82, 2.24) is 10.3 Å². The zero-order valence-corrected chi connectivity index (χ0v) is 19.0. The van der Waals surface area contributed by atoms with Gasteiger partial charge >= 0.3 is 0 Å². The van der Waals surface area contributed by atoms with Crippen LogP contribution >= 0.6 is 0 Å². The quantitative estimate of drug-likeness (QED) is 0.593. The number of ether oxygens (including phenoxy) is 1. The number of rotatable bonds is 7. The molecule has 1 aliphatic rings. The molecule has 6 heteroatoms. The lowest BCUT2D eigenvalue weighted by molar-refractivity contribution is -0.129. The van der Waals surface area contributed by atoms with E-state index >= 15 is 0 Å². The van der Waals surface area contributed by atoms with E-state index in [0.717, 1.165) is 22.5 Å². The van der Waals surface area contributed by atoms with Gasteiger partial charge in [-0.1, -0.05) is 42.0 Å². The second kappa shape index (κ2) is 10.3. The van der Waals surface area contributed by atoms with Gasteiger partial charge in [0.2, 0.25) is 11.8 Å². The third kappa shape index (κ3) is 5.06. The van der Waals surface area contributed by atoms with E-state index < -0.39 is 12.0 Å². The van der Waals surface area contributed by atoms with Gasteiger partial charge in [-0.15, -0.1) is 0 Å². The minimum absolute atomic E-state index is 0.00675. The van der Waals surface area contributed by atoms with Crippen molar-refractivity contribution in [2.75, 3.05) is 18.6 Å². The third-order valence-electron chi connectivity index (χ3n) is 6.11. The van der Waals surface area contributed by atoms with E-state index in [9.17, 15) is 9.59 Å². The summed E-state index contributed by atoms with van der Waals surface area (Å²) in [5.41, 5.74) is 3.66. The predicted octanol–water partition coefficient (Wildman–Crippen LogP) is 4.24. The SMILES string of the molecule is COc1ccccc1[C@H]1[C@@H](C(=O)NCCc2ccccn2)CCC(=O)N1c1ccc(C)cc1. The van der Waals surface area contributed by atoms with Gasteiger partial charge in [-0.05, 0) is 43.7 Å². The molecule has 1 aliphatic heterocycles. The van der Waals surface area contributed by atoms with Crippen LogP contribution in [0.15, 0.2) is 72.9 Å². The van der Waals surface area contributed by atoms with E-state index in [2.05, 4.69) is 10.3 Å². The Morgan fingerprint density at radius 3 is 2.58 bits per heavy atom. The average Bonchev–Trinajstić information content (AvgIpc) is 2.85. The molecule has 33 heavy (non-hydrogen) atoms. The molecule has 0 unspecified atom stereocenters. The van der Waals surface area contributed by atoms with Crippen molar-refractivity contribution < 1.29 is 14.3 Å². The van der Waals surface area contributed by atoms with Gasteiger partial charge in [0.15, 0.2) is 0 Å². The summed E-state index contributed by atoms with van der Waals surface area (Å²) in [4.78, 5) is 32.7. The summed E-state index contributed by atoms with van der Waals surface area (Å²) >= 11 is 0. The van der Waals surface area contributed by atoms with Gasteiger partial charge in [0.25, 0.3) is 0 Å². The minimum Gasteiger partial charge on any atom is -0.496 e. The average molecular weight is 444 g/mol. The second-order valence-electron chi connectivity index (χ2n) is 8.29. The molecule has 2 atom stereocenters.